The SMILES string of the molecule is FC(F)(F)Oc1cc(I)ccc1N1CCCC1. The van der Waals surface area contributed by atoms with Crippen molar-refractivity contribution in [1.82, 2.24) is 0 Å². The molecule has 0 amide bonds. The highest BCUT2D eigenvalue weighted by Crippen LogP contribution is 2.35. The highest BCUT2D eigenvalue weighted by atomic mass is 127. The molecule has 0 atom stereocenters. The number of halogens is 4. The van der Waals surface area contributed by atoms with Gasteiger partial charge in [-0.25, -0.2) is 0 Å². The second-order valence-corrected chi connectivity index (χ2v) is 5.10. The van der Waals surface area contributed by atoms with Crippen molar-refractivity contribution in [1.29, 1.82) is 0 Å². The fourth-order valence-corrected chi connectivity index (χ4v) is 2.38. The van der Waals surface area contributed by atoms with E-state index in [-0.39, 0.29) is 5.75 Å². The van der Waals surface area contributed by atoms with Crippen LogP contribution >= 0.6 is 22.6 Å². The summed E-state index contributed by atoms with van der Waals surface area (Å²) in [5.41, 5.74) is 0.528. The van der Waals surface area contributed by atoms with Crippen LogP contribution in [0.15, 0.2) is 18.2 Å². The minimum Gasteiger partial charge on any atom is -0.404 e. The van der Waals surface area contributed by atoms with Crippen molar-refractivity contribution in [3.8, 4) is 5.75 Å². The first kappa shape index (κ1) is 12.8. The first-order valence-electron chi connectivity index (χ1n) is 5.26. The minimum absolute atomic E-state index is 0.105. The van der Waals surface area contributed by atoms with E-state index in [4.69, 9.17) is 0 Å². The maximum absolute atomic E-state index is 12.3. The van der Waals surface area contributed by atoms with Crippen LogP contribution in [0, 0.1) is 3.57 Å². The number of alkyl halides is 3. The van der Waals surface area contributed by atoms with Crippen LogP contribution in [0.1, 0.15) is 12.8 Å². The van der Waals surface area contributed by atoms with Crippen LogP contribution in [0.25, 0.3) is 0 Å². The Balaban J connectivity index is 2.30. The molecule has 2 rings (SSSR count). The van der Waals surface area contributed by atoms with Crippen molar-refractivity contribution >= 4 is 28.3 Å². The van der Waals surface area contributed by atoms with Crippen LogP contribution in [0.5, 0.6) is 5.75 Å². The van der Waals surface area contributed by atoms with E-state index in [0.29, 0.717) is 5.69 Å². The van der Waals surface area contributed by atoms with E-state index in [1.807, 2.05) is 27.5 Å². The van der Waals surface area contributed by atoms with Gasteiger partial charge in [0.25, 0.3) is 0 Å². The van der Waals surface area contributed by atoms with Gasteiger partial charge in [0.2, 0.25) is 0 Å². The topological polar surface area (TPSA) is 12.5 Å². The molecular formula is C11H11F3INO. The van der Waals surface area contributed by atoms with Crippen LogP contribution in [-0.4, -0.2) is 19.5 Å². The largest absolute Gasteiger partial charge is 0.573 e. The Hall–Kier alpha value is -0.660. The zero-order valence-corrected chi connectivity index (χ0v) is 11.1. The van der Waals surface area contributed by atoms with Gasteiger partial charge >= 0.3 is 6.36 Å². The standard InChI is InChI=1S/C11H11F3INO/c12-11(13,14)17-10-7-8(15)3-4-9(10)16-5-1-2-6-16/h3-4,7H,1-2,5-6H2. The molecule has 1 aromatic rings. The molecule has 1 saturated heterocycles. The molecule has 0 aliphatic carbocycles. The summed E-state index contributed by atoms with van der Waals surface area (Å²) in [5.74, 6) is -0.105. The number of hydrogen-bond donors (Lipinski definition) is 0. The zero-order valence-electron chi connectivity index (χ0n) is 8.93. The fourth-order valence-electron chi connectivity index (χ4n) is 1.91. The summed E-state index contributed by atoms with van der Waals surface area (Å²) in [6.07, 6.45) is -2.62. The lowest BCUT2D eigenvalue weighted by Gasteiger charge is -2.22. The Kier molecular flexibility index (Phi) is 3.70. The van der Waals surface area contributed by atoms with Gasteiger partial charge in [-0.05, 0) is 53.6 Å². The van der Waals surface area contributed by atoms with Crippen molar-refractivity contribution in [2.75, 3.05) is 18.0 Å². The lowest BCUT2D eigenvalue weighted by Crippen LogP contribution is -2.22. The molecule has 0 saturated carbocycles. The predicted octanol–water partition coefficient (Wildman–Crippen LogP) is 3.79. The predicted molar refractivity (Wildman–Crippen MR) is 67.3 cm³/mol. The third-order valence-electron chi connectivity index (χ3n) is 2.59. The van der Waals surface area contributed by atoms with Crippen molar-refractivity contribution in [2.24, 2.45) is 0 Å². The molecule has 0 spiro atoms. The fraction of sp³-hybridized carbons (Fsp3) is 0.455. The minimum atomic E-state index is -4.64. The monoisotopic (exact) mass is 357 g/mol. The molecule has 1 fully saturated rings. The lowest BCUT2D eigenvalue weighted by atomic mass is 10.2. The van der Waals surface area contributed by atoms with Crippen molar-refractivity contribution in [2.45, 2.75) is 19.2 Å². The molecule has 6 heteroatoms. The van der Waals surface area contributed by atoms with E-state index < -0.39 is 6.36 Å². The summed E-state index contributed by atoms with van der Waals surface area (Å²) in [6.45, 7) is 1.57. The van der Waals surface area contributed by atoms with Gasteiger partial charge < -0.3 is 9.64 Å². The normalized spacial score (nSPS) is 16.4. The average Bonchev–Trinajstić information content (AvgIpc) is 2.68. The Labute approximate surface area is 111 Å². The lowest BCUT2D eigenvalue weighted by molar-refractivity contribution is -0.274. The molecule has 94 valence electrons. The summed E-state index contributed by atoms with van der Waals surface area (Å²) in [7, 11) is 0. The molecule has 0 unspecified atom stereocenters. The van der Waals surface area contributed by atoms with Crippen LogP contribution in [0.3, 0.4) is 0 Å². The molecule has 1 aliphatic rings. The molecule has 0 N–H and O–H groups in total. The molecule has 1 heterocycles. The molecule has 0 aromatic heterocycles. The number of hydrogen-bond acceptors (Lipinski definition) is 2. The molecule has 0 bridgehead atoms. The van der Waals surface area contributed by atoms with Crippen molar-refractivity contribution in [3.63, 3.8) is 0 Å². The van der Waals surface area contributed by atoms with Gasteiger partial charge in [0, 0.05) is 16.7 Å². The van der Waals surface area contributed by atoms with Crippen LogP contribution in [-0.2, 0) is 0 Å². The van der Waals surface area contributed by atoms with Gasteiger partial charge in [-0.2, -0.15) is 0 Å². The van der Waals surface area contributed by atoms with Crippen molar-refractivity contribution in [3.05, 3.63) is 21.8 Å². The highest BCUT2D eigenvalue weighted by Gasteiger charge is 2.33. The quantitative estimate of drug-likeness (QED) is 0.747. The molecule has 0 radical (unpaired) electrons. The van der Waals surface area contributed by atoms with E-state index in [2.05, 4.69) is 4.74 Å². The second kappa shape index (κ2) is 4.91. The summed E-state index contributed by atoms with van der Waals surface area (Å²) < 4.78 is 41.7. The van der Waals surface area contributed by atoms with Crippen LogP contribution < -0.4 is 9.64 Å². The highest BCUT2D eigenvalue weighted by molar-refractivity contribution is 14.1. The summed E-state index contributed by atoms with van der Waals surface area (Å²) >= 11 is 1.97. The van der Waals surface area contributed by atoms with Gasteiger partial charge in [-0.3, -0.25) is 0 Å². The molecule has 1 aliphatic heterocycles. The Morgan fingerprint density at radius 2 is 1.82 bits per heavy atom. The summed E-state index contributed by atoms with van der Waals surface area (Å²) in [4.78, 5) is 1.93. The smallest absolute Gasteiger partial charge is 0.404 e. The van der Waals surface area contributed by atoms with Crippen LogP contribution in [0.2, 0.25) is 0 Å². The number of anilines is 1. The van der Waals surface area contributed by atoms with Crippen molar-refractivity contribution < 1.29 is 17.9 Å². The van der Waals surface area contributed by atoms with E-state index >= 15 is 0 Å². The van der Waals surface area contributed by atoms with E-state index in [0.717, 1.165) is 29.5 Å². The van der Waals surface area contributed by atoms with Crippen LogP contribution in [0.4, 0.5) is 18.9 Å². The first-order valence-corrected chi connectivity index (χ1v) is 6.34. The number of benzene rings is 1. The first-order chi connectivity index (χ1) is 7.96. The number of ether oxygens (including phenoxy) is 1. The van der Waals surface area contributed by atoms with Gasteiger partial charge in [0.1, 0.15) is 0 Å². The summed E-state index contributed by atoms with van der Waals surface area (Å²) in [6, 6.07) is 4.90. The Morgan fingerprint density at radius 1 is 1.18 bits per heavy atom. The molecular weight excluding hydrogens is 346 g/mol. The van der Waals surface area contributed by atoms with Gasteiger partial charge in [-0.1, -0.05) is 0 Å². The van der Waals surface area contributed by atoms with Gasteiger partial charge in [0.15, 0.2) is 5.75 Å². The van der Waals surface area contributed by atoms with Gasteiger partial charge in [0.05, 0.1) is 5.69 Å². The zero-order chi connectivity index (χ0) is 12.5. The summed E-state index contributed by atoms with van der Waals surface area (Å²) in [5, 5.41) is 0. The average molecular weight is 357 g/mol. The number of nitrogens with zero attached hydrogens (tertiary/aromatic N) is 1. The molecule has 17 heavy (non-hydrogen) atoms. The third kappa shape index (κ3) is 3.40. The number of rotatable bonds is 2. The third-order valence-corrected chi connectivity index (χ3v) is 3.27. The van der Waals surface area contributed by atoms with E-state index in [1.165, 1.54) is 6.07 Å². The molecule has 2 nitrogen and oxygen atoms in total. The maximum Gasteiger partial charge on any atom is 0.573 e. The Morgan fingerprint density at radius 3 is 2.41 bits per heavy atom. The maximum atomic E-state index is 12.3. The van der Waals surface area contributed by atoms with E-state index in [9.17, 15) is 13.2 Å². The van der Waals surface area contributed by atoms with E-state index in [1.54, 1.807) is 12.1 Å². The molecule has 1 aromatic carbocycles. The Bertz CT molecular complexity index is 402. The second-order valence-electron chi connectivity index (χ2n) is 3.85. The van der Waals surface area contributed by atoms with Gasteiger partial charge in [-0.15, -0.1) is 13.2 Å².